The molecule has 0 aliphatic carbocycles. The van der Waals surface area contributed by atoms with Crippen LogP contribution >= 0.6 is 11.6 Å². The molecule has 1 aliphatic heterocycles. The Labute approximate surface area is 257 Å². The lowest BCUT2D eigenvalue weighted by Crippen LogP contribution is -2.49. The van der Waals surface area contributed by atoms with Crippen LogP contribution in [0.2, 0.25) is 5.02 Å². The van der Waals surface area contributed by atoms with Gasteiger partial charge in [-0.3, -0.25) is 9.79 Å². The highest BCUT2D eigenvalue weighted by molar-refractivity contribution is 6.31. The fourth-order valence-electron chi connectivity index (χ4n) is 4.94. The molecular formula is C32H41ClFN3O6. The van der Waals surface area contributed by atoms with E-state index in [0.29, 0.717) is 40.6 Å². The number of carbonyl (C=O) groups is 1. The van der Waals surface area contributed by atoms with E-state index < -0.39 is 11.2 Å². The van der Waals surface area contributed by atoms with Gasteiger partial charge in [0.25, 0.3) is 5.91 Å². The summed E-state index contributed by atoms with van der Waals surface area (Å²) in [7, 11) is 3.00. The van der Waals surface area contributed by atoms with Crippen molar-refractivity contribution in [3.05, 3.63) is 81.8 Å². The molecule has 0 aromatic heterocycles. The van der Waals surface area contributed by atoms with Gasteiger partial charge in [-0.05, 0) is 67.6 Å². The van der Waals surface area contributed by atoms with Crippen molar-refractivity contribution < 1.29 is 33.6 Å². The monoisotopic (exact) mass is 617 g/mol. The van der Waals surface area contributed by atoms with Crippen LogP contribution in [-0.4, -0.2) is 93.5 Å². The third-order valence-corrected chi connectivity index (χ3v) is 7.64. The van der Waals surface area contributed by atoms with Gasteiger partial charge in [-0.15, -0.1) is 0 Å². The lowest BCUT2D eigenvalue weighted by Gasteiger charge is -2.38. The van der Waals surface area contributed by atoms with Crippen LogP contribution < -0.4 is 14.8 Å². The number of rotatable bonds is 16. The summed E-state index contributed by atoms with van der Waals surface area (Å²) in [5.74, 6) is 0.357. The summed E-state index contributed by atoms with van der Waals surface area (Å²) in [5, 5.41) is 23.0. The molecule has 0 saturated heterocycles. The van der Waals surface area contributed by atoms with Crippen LogP contribution in [0.3, 0.4) is 0 Å². The molecule has 1 atom stereocenters. The van der Waals surface area contributed by atoms with E-state index in [4.69, 9.17) is 35.9 Å². The summed E-state index contributed by atoms with van der Waals surface area (Å²) in [6.07, 6.45) is 4.57. The van der Waals surface area contributed by atoms with E-state index >= 15 is 0 Å². The Morgan fingerprint density at radius 2 is 1.91 bits per heavy atom. The summed E-state index contributed by atoms with van der Waals surface area (Å²) in [6.45, 7) is 6.22. The van der Waals surface area contributed by atoms with Crippen LogP contribution in [0.1, 0.15) is 36.2 Å². The lowest BCUT2D eigenvalue weighted by atomic mass is 9.79. The van der Waals surface area contributed by atoms with Crippen LogP contribution in [0.15, 0.2) is 64.9 Å². The molecule has 3 rings (SSSR count). The Balaban J connectivity index is 1.95. The lowest BCUT2D eigenvalue weighted by molar-refractivity contribution is 0.0832. The summed E-state index contributed by atoms with van der Waals surface area (Å²) >= 11 is 6.06. The molecule has 1 aliphatic rings. The first-order valence-corrected chi connectivity index (χ1v) is 14.6. The van der Waals surface area contributed by atoms with Gasteiger partial charge in [-0.1, -0.05) is 31.5 Å². The van der Waals surface area contributed by atoms with Crippen molar-refractivity contribution in [2.24, 2.45) is 10.4 Å². The number of aliphatic hydroxyl groups excluding tert-OH is 2. The van der Waals surface area contributed by atoms with Crippen LogP contribution in [0.4, 0.5) is 4.39 Å². The third-order valence-electron chi connectivity index (χ3n) is 7.35. The molecule has 2 aromatic carbocycles. The SMILES string of the molecule is CCCN(CC)CC(CO)(CNC(=O)c1ccc(OCCO)c(OC)c1)C1=CC=C(OC)C(c2ccc(F)c(Cl)c2)=NC1. The number of amides is 1. The van der Waals surface area contributed by atoms with Gasteiger partial charge in [-0.25, -0.2) is 4.39 Å². The number of carbonyl (C=O) groups excluding carboxylic acids is 1. The van der Waals surface area contributed by atoms with Crippen molar-refractivity contribution in [3.8, 4) is 11.5 Å². The molecule has 0 bridgehead atoms. The van der Waals surface area contributed by atoms with Gasteiger partial charge in [0.15, 0.2) is 11.5 Å². The first kappa shape index (κ1) is 34.1. The van der Waals surface area contributed by atoms with Crippen molar-refractivity contribution in [1.82, 2.24) is 10.2 Å². The van der Waals surface area contributed by atoms with Crippen LogP contribution in [-0.2, 0) is 4.74 Å². The predicted octanol–water partition coefficient (Wildman–Crippen LogP) is 4.26. The number of methoxy groups -OCH3 is 2. The zero-order valence-corrected chi connectivity index (χ0v) is 25.9. The number of aliphatic hydroxyl groups is 2. The van der Waals surface area contributed by atoms with Crippen molar-refractivity contribution in [2.75, 3.05) is 66.8 Å². The number of allylic oxidation sites excluding steroid dienone is 3. The minimum absolute atomic E-state index is 0.0247. The second-order valence-corrected chi connectivity index (χ2v) is 10.6. The molecule has 43 heavy (non-hydrogen) atoms. The van der Waals surface area contributed by atoms with Gasteiger partial charge in [0.2, 0.25) is 0 Å². The topological polar surface area (TPSA) is 113 Å². The normalized spacial score (nSPS) is 14.7. The fraction of sp³-hybridized carbons (Fsp3) is 0.438. The Bertz CT molecular complexity index is 1350. The van der Waals surface area contributed by atoms with E-state index in [2.05, 4.69) is 24.1 Å². The molecule has 1 heterocycles. The largest absolute Gasteiger partial charge is 0.494 e. The molecular weight excluding hydrogens is 577 g/mol. The molecule has 3 N–H and O–H groups in total. The van der Waals surface area contributed by atoms with Crippen LogP contribution in [0, 0.1) is 11.2 Å². The molecule has 0 fully saturated rings. The number of hydrogen-bond donors (Lipinski definition) is 3. The molecule has 1 amide bonds. The Morgan fingerprint density at radius 1 is 1.12 bits per heavy atom. The van der Waals surface area contributed by atoms with E-state index in [1.807, 2.05) is 6.08 Å². The van der Waals surface area contributed by atoms with Gasteiger partial charge in [0.05, 0.1) is 39.0 Å². The smallest absolute Gasteiger partial charge is 0.251 e. The average molecular weight is 618 g/mol. The molecule has 1 unspecified atom stereocenters. The maximum absolute atomic E-state index is 13.9. The molecule has 9 nitrogen and oxygen atoms in total. The second-order valence-electron chi connectivity index (χ2n) is 10.1. The van der Waals surface area contributed by atoms with Crippen molar-refractivity contribution in [2.45, 2.75) is 20.3 Å². The summed E-state index contributed by atoms with van der Waals surface area (Å²) in [6, 6.07) is 9.17. The third kappa shape index (κ3) is 8.57. The summed E-state index contributed by atoms with van der Waals surface area (Å²) in [4.78, 5) is 20.4. The first-order chi connectivity index (χ1) is 20.7. The number of benzene rings is 2. The maximum atomic E-state index is 13.9. The Hall–Kier alpha value is -3.44. The van der Waals surface area contributed by atoms with Gasteiger partial charge >= 0.3 is 0 Å². The summed E-state index contributed by atoms with van der Waals surface area (Å²) < 4.78 is 30.4. The van der Waals surface area contributed by atoms with Gasteiger partial charge in [0.1, 0.15) is 23.9 Å². The highest BCUT2D eigenvalue weighted by atomic mass is 35.5. The number of ether oxygens (including phenoxy) is 3. The Kier molecular flexibility index (Phi) is 13.0. The van der Waals surface area contributed by atoms with Crippen molar-refractivity contribution in [3.63, 3.8) is 0 Å². The number of aliphatic imine (C=N–C) groups is 1. The van der Waals surface area contributed by atoms with Gasteiger partial charge in [0, 0.05) is 29.6 Å². The van der Waals surface area contributed by atoms with E-state index in [0.717, 1.165) is 25.1 Å². The van der Waals surface area contributed by atoms with E-state index in [-0.39, 0.29) is 43.8 Å². The molecule has 2 aromatic rings. The predicted molar refractivity (Wildman–Crippen MR) is 166 cm³/mol. The number of hydrogen-bond acceptors (Lipinski definition) is 8. The van der Waals surface area contributed by atoms with E-state index in [1.54, 1.807) is 30.3 Å². The minimum Gasteiger partial charge on any atom is -0.494 e. The van der Waals surface area contributed by atoms with Gasteiger partial charge in [-0.2, -0.15) is 0 Å². The van der Waals surface area contributed by atoms with Crippen LogP contribution in [0.25, 0.3) is 0 Å². The highest BCUT2D eigenvalue weighted by Crippen LogP contribution is 2.32. The minimum atomic E-state index is -0.885. The standard InChI is InChI=1S/C32H41ClFN3O6/c1-5-13-37(6-2)20-32(21-39,19-36-31(40)23-8-11-27(43-15-14-38)29(17-23)42-4)24-9-12-28(41-3)30(35-18-24)22-7-10-26(34)25(33)16-22/h7-12,16-17,38-39H,5-6,13-15,18-21H2,1-4H3,(H,36,40). The summed E-state index contributed by atoms with van der Waals surface area (Å²) in [5.41, 5.74) is 1.37. The van der Waals surface area contributed by atoms with E-state index in [9.17, 15) is 14.3 Å². The zero-order chi connectivity index (χ0) is 31.4. The number of nitrogens with one attached hydrogen (secondary N) is 1. The second kappa shape index (κ2) is 16.4. The number of halogens is 2. The van der Waals surface area contributed by atoms with Crippen molar-refractivity contribution in [1.29, 1.82) is 0 Å². The van der Waals surface area contributed by atoms with Gasteiger partial charge < -0.3 is 34.6 Å². The zero-order valence-electron chi connectivity index (χ0n) is 25.2. The molecule has 0 radical (unpaired) electrons. The average Bonchev–Trinajstić information content (AvgIpc) is 3.25. The molecule has 234 valence electrons. The maximum Gasteiger partial charge on any atom is 0.251 e. The molecule has 0 spiro atoms. The highest BCUT2D eigenvalue weighted by Gasteiger charge is 2.37. The van der Waals surface area contributed by atoms with E-state index in [1.165, 1.54) is 26.4 Å². The fourth-order valence-corrected chi connectivity index (χ4v) is 5.12. The van der Waals surface area contributed by atoms with Crippen LogP contribution in [0.5, 0.6) is 11.5 Å². The Morgan fingerprint density at radius 3 is 2.53 bits per heavy atom. The number of nitrogens with zero attached hydrogens (tertiary/aromatic N) is 2. The molecule has 11 heteroatoms. The molecule has 0 saturated carbocycles. The first-order valence-electron chi connectivity index (χ1n) is 14.2. The quantitative estimate of drug-likeness (QED) is 0.258. The van der Waals surface area contributed by atoms with Crippen molar-refractivity contribution >= 4 is 23.2 Å².